The number of aromatic nitrogens is 5. The van der Waals surface area contributed by atoms with Gasteiger partial charge < -0.3 is 15.6 Å². The minimum atomic E-state index is -0.0497. The highest BCUT2D eigenvalue weighted by atomic mass is 16.1. The van der Waals surface area contributed by atoms with Gasteiger partial charge in [0, 0.05) is 30.5 Å². The predicted molar refractivity (Wildman–Crippen MR) is 141 cm³/mol. The quantitative estimate of drug-likeness (QED) is 0.193. The van der Waals surface area contributed by atoms with E-state index in [0.717, 1.165) is 55.9 Å². The molecule has 3 N–H and O–H groups in total. The zero-order valence-electron chi connectivity index (χ0n) is 20.9. The van der Waals surface area contributed by atoms with Crippen LogP contribution in [0.1, 0.15) is 72.8 Å². The topological polar surface area (TPSA) is 101 Å². The van der Waals surface area contributed by atoms with E-state index < -0.39 is 0 Å². The van der Waals surface area contributed by atoms with Crippen molar-refractivity contribution in [2.24, 2.45) is 0 Å². The number of carbonyl (C=O) groups excluding carboxylic acids is 1. The van der Waals surface area contributed by atoms with E-state index in [-0.39, 0.29) is 5.91 Å². The van der Waals surface area contributed by atoms with E-state index in [0.29, 0.717) is 25.2 Å². The average molecular weight is 478 g/mol. The van der Waals surface area contributed by atoms with Crippen LogP contribution in [0.4, 0.5) is 5.95 Å². The molecule has 3 aromatic rings. The van der Waals surface area contributed by atoms with Crippen LogP contribution in [0, 0.1) is 0 Å². The number of aryl methyl sites for hydroxylation is 3. The van der Waals surface area contributed by atoms with Crippen molar-refractivity contribution in [3.8, 4) is 0 Å². The first-order valence-corrected chi connectivity index (χ1v) is 12.8. The number of hydrogen-bond donors (Lipinski definition) is 3. The predicted octanol–water partition coefficient (Wildman–Crippen LogP) is 4.72. The molecule has 0 aliphatic heterocycles. The lowest BCUT2D eigenvalue weighted by atomic mass is 10.1. The Morgan fingerprint density at radius 1 is 1.09 bits per heavy atom. The fourth-order valence-corrected chi connectivity index (χ4v) is 3.89. The second kappa shape index (κ2) is 14.8. The lowest BCUT2D eigenvalue weighted by Gasteiger charge is -2.06. The maximum Gasteiger partial charge on any atom is 0.251 e. The lowest BCUT2D eigenvalue weighted by Crippen LogP contribution is -2.27. The van der Waals surface area contributed by atoms with Crippen LogP contribution in [0.2, 0.25) is 0 Å². The van der Waals surface area contributed by atoms with Crippen molar-refractivity contribution >= 4 is 11.9 Å². The first kappa shape index (κ1) is 26.2. The monoisotopic (exact) mass is 477 g/mol. The minimum Gasteiger partial charge on any atom is -0.352 e. The van der Waals surface area contributed by atoms with Crippen molar-refractivity contribution < 1.29 is 4.79 Å². The first-order valence-electron chi connectivity index (χ1n) is 12.8. The number of benzene rings is 1. The molecule has 0 radical (unpaired) electrons. The number of rotatable bonds is 17. The Labute approximate surface area is 208 Å². The Balaban J connectivity index is 1.28. The van der Waals surface area contributed by atoms with Gasteiger partial charge in [-0.15, -0.1) is 11.7 Å². The Morgan fingerprint density at radius 3 is 2.69 bits per heavy atom. The second-order valence-corrected chi connectivity index (χ2v) is 8.87. The average Bonchev–Trinajstić information content (AvgIpc) is 3.52. The highest BCUT2D eigenvalue weighted by Gasteiger charge is 2.06. The molecule has 1 amide bonds. The van der Waals surface area contributed by atoms with E-state index >= 15 is 0 Å². The molecule has 35 heavy (non-hydrogen) atoms. The summed E-state index contributed by atoms with van der Waals surface area (Å²) in [6.45, 7) is 7.73. The van der Waals surface area contributed by atoms with Crippen LogP contribution in [0.15, 0.2) is 49.3 Å². The molecule has 0 unspecified atom stereocenters. The summed E-state index contributed by atoms with van der Waals surface area (Å²) in [5.41, 5.74) is 4.12. The third kappa shape index (κ3) is 9.39. The summed E-state index contributed by atoms with van der Waals surface area (Å²) in [5.74, 6) is 0.745. The van der Waals surface area contributed by atoms with Crippen molar-refractivity contribution in [3.63, 3.8) is 0 Å². The van der Waals surface area contributed by atoms with E-state index in [2.05, 4.69) is 56.5 Å². The standard InChI is InChI=1S/C27H39N7O/c1-3-5-7-10-22-13-15-23(16-14-22)26(35)28-18-19-34-21-25(32-33-34)12-9-6-8-11-24-20-30-27(31-24)29-17-4-2/h4,13-16,20-21H,2-3,5-12,17-19H2,1H3,(H,28,35)(H2,29,30,31). The van der Waals surface area contributed by atoms with Crippen LogP contribution in [0.25, 0.3) is 0 Å². The van der Waals surface area contributed by atoms with Gasteiger partial charge >= 0.3 is 0 Å². The summed E-state index contributed by atoms with van der Waals surface area (Å²) < 4.78 is 1.80. The van der Waals surface area contributed by atoms with Crippen LogP contribution in [0.5, 0.6) is 0 Å². The number of carbonyl (C=O) groups is 1. The zero-order chi connectivity index (χ0) is 24.7. The number of aromatic amines is 1. The van der Waals surface area contributed by atoms with Gasteiger partial charge in [-0.1, -0.05) is 49.6 Å². The third-order valence-corrected chi connectivity index (χ3v) is 5.92. The van der Waals surface area contributed by atoms with Crippen LogP contribution in [0.3, 0.4) is 0 Å². The van der Waals surface area contributed by atoms with Crippen molar-refractivity contribution in [1.82, 2.24) is 30.3 Å². The highest BCUT2D eigenvalue weighted by Crippen LogP contribution is 2.10. The van der Waals surface area contributed by atoms with Gasteiger partial charge in [-0.2, -0.15) is 0 Å². The molecule has 2 aromatic heterocycles. The molecule has 8 nitrogen and oxygen atoms in total. The SMILES string of the molecule is C=CCNc1ncc(CCCCCc2cn(CCNC(=O)c3ccc(CCCCC)cc3)nn2)[nH]1. The third-order valence-electron chi connectivity index (χ3n) is 5.92. The van der Waals surface area contributed by atoms with Gasteiger partial charge in [0.15, 0.2) is 0 Å². The number of nitrogens with zero attached hydrogens (tertiary/aromatic N) is 4. The Hall–Kier alpha value is -3.42. The number of hydrogen-bond acceptors (Lipinski definition) is 5. The van der Waals surface area contributed by atoms with E-state index in [9.17, 15) is 4.79 Å². The van der Waals surface area contributed by atoms with Crippen molar-refractivity contribution in [3.05, 3.63) is 71.8 Å². The molecular formula is C27H39N7O. The fourth-order valence-electron chi connectivity index (χ4n) is 3.89. The summed E-state index contributed by atoms with van der Waals surface area (Å²) >= 11 is 0. The molecule has 8 heteroatoms. The number of imidazole rings is 1. The van der Waals surface area contributed by atoms with Crippen LogP contribution >= 0.6 is 0 Å². The Morgan fingerprint density at radius 2 is 1.89 bits per heavy atom. The van der Waals surface area contributed by atoms with E-state index in [1.165, 1.54) is 24.8 Å². The summed E-state index contributed by atoms with van der Waals surface area (Å²) in [7, 11) is 0. The molecule has 0 atom stereocenters. The van der Waals surface area contributed by atoms with Gasteiger partial charge in [0.2, 0.25) is 5.95 Å². The van der Waals surface area contributed by atoms with Gasteiger partial charge in [0.25, 0.3) is 5.91 Å². The largest absolute Gasteiger partial charge is 0.352 e. The van der Waals surface area contributed by atoms with Crippen molar-refractivity contribution in [2.45, 2.75) is 71.3 Å². The van der Waals surface area contributed by atoms with E-state index in [1.54, 1.807) is 4.68 Å². The van der Waals surface area contributed by atoms with Crippen LogP contribution in [-0.2, 0) is 25.8 Å². The van der Waals surface area contributed by atoms with Crippen LogP contribution in [-0.4, -0.2) is 44.0 Å². The molecule has 0 aliphatic rings. The maximum atomic E-state index is 12.4. The molecular weight excluding hydrogens is 438 g/mol. The second-order valence-electron chi connectivity index (χ2n) is 8.87. The molecule has 1 aromatic carbocycles. The van der Waals surface area contributed by atoms with Gasteiger partial charge in [0.1, 0.15) is 0 Å². The number of amides is 1. The summed E-state index contributed by atoms with van der Waals surface area (Å²) in [4.78, 5) is 20.0. The normalized spacial score (nSPS) is 10.9. The minimum absolute atomic E-state index is 0.0497. The smallest absolute Gasteiger partial charge is 0.251 e. The van der Waals surface area contributed by atoms with Gasteiger partial charge in [-0.25, -0.2) is 4.98 Å². The summed E-state index contributed by atoms with van der Waals surface area (Å²) in [5, 5.41) is 14.6. The summed E-state index contributed by atoms with van der Waals surface area (Å²) in [6, 6.07) is 7.94. The van der Waals surface area contributed by atoms with Crippen molar-refractivity contribution in [2.75, 3.05) is 18.4 Å². The molecule has 188 valence electrons. The molecule has 0 fully saturated rings. The molecule has 3 rings (SSSR count). The lowest BCUT2D eigenvalue weighted by molar-refractivity contribution is 0.0952. The molecule has 0 saturated carbocycles. The van der Waals surface area contributed by atoms with Gasteiger partial charge in [0.05, 0.1) is 18.4 Å². The van der Waals surface area contributed by atoms with E-state index in [4.69, 9.17) is 0 Å². The fraction of sp³-hybridized carbons (Fsp3) is 0.481. The van der Waals surface area contributed by atoms with Gasteiger partial charge in [-0.05, 0) is 56.2 Å². The highest BCUT2D eigenvalue weighted by molar-refractivity contribution is 5.94. The number of anilines is 1. The zero-order valence-corrected chi connectivity index (χ0v) is 20.9. The van der Waals surface area contributed by atoms with E-state index in [1.807, 2.05) is 30.6 Å². The van der Waals surface area contributed by atoms with Crippen LogP contribution < -0.4 is 10.6 Å². The van der Waals surface area contributed by atoms with Gasteiger partial charge in [-0.3, -0.25) is 9.48 Å². The number of unbranched alkanes of at least 4 members (excludes halogenated alkanes) is 4. The molecule has 2 heterocycles. The number of H-pyrrole nitrogens is 1. The molecule has 0 aliphatic carbocycles. The Kier molecular flexibility index (Phi) is 11.0. The maximum absolute atomic E-state index is 12.4. The van der Waals surface area contributed by atoms with Crippen molar-refractivity contribution in [1.29, 1.82) is 0 Å². The molecule has 0 saturated heterocycles. The molecule has 0 bridgehead atoms. The molecule has 0 spiro atoms. The number of nitrogens with one attached hydrogen (secondary N) is 3. The summed E-state index contributed by atoms with van der Waals surface area (Å²) in [6.07, 6.45) is 15.6. The Bertz CT molecular complexity index is 1020. The first-order chi connectivity index (χ1) is 17.2.